The van der Waals surface area contributed by atoms with E-state index in [0.717, 1.165) is 9.80 Å². The minimum Gasteiger partial charge on any atom is -0.326 e. The first kappa shape index (κ1) is 13.2. The predicted octanol–water partition coefficient (Wildman–Crippen LogP) is 0.205. The van der Waals surface area contributed by atoms with Crippen molar-refractivity contribution in [3.63, 3.8) is 0 Å². The van der Waals surface area contributed by atoms with Gasteiger partial charge in [-0.15, -0.1) is 0 Å². The van der Waals surface area contributed by atoms with E-state index < -0.39 is 23.7 Å². The highest BCUT2D eigenvalue weighted by atomic mass is 19.1. The van der Waals surface area contributed by atoms with Gasteiger partial charge in [-0.25, -0.2) is 9.18 Å². The summed E-state index contributed by atoms with van der Waals surface area (Å²) in [6.45, 7) is -0.0680. The van der Waals surface area contributed by atoms with Gasteiger partial charge < -0.3 is 5.73 Å². The Bertz CT molecular complexity index is 573. The lowest BCUT2D eigenvalue weighted by atomic mass is 10.1. The second kappa shape index (κ2) is 4.77. The summed E-state index contributed by atoms with van der Waals surface area (Å²) in [7, 11) is 1.23. The Morgan fingerprint density at radius 2 is 1.89 bits per heavy atom. The van der Waals surface area contributed by atoms with E-state index >= 15 is 0 Å². The highest BCUT2D eigenvalue weighted by Gasteiger charge is 2.41. The quantitative estimate of drug-likeness (QED) is 0.625. The molecule has 0 aliphatic carbocycles. The highest BCUT2D eigenvalue weighted by Crippen LogP contribution is 2.16. The number of carbonyl (C=O) groups excluding carboxylic acids is 3. The van der Waals surface area contributed by atoms with Gasteiger partial charge in [0.05, 0.1) is 6.54 Å². The third-order valence-corrected chi connectivity index (χ3v) is 2.92. The number of imide groups is 2. The third kappa shape index (κ3) is 2.19. The van der Waals surface area contributed by atoms with Gasteiger partial charge in [-0.1, -0.05) is 6.07 Å². The van der Waals surface area contributed by atoms with Gasteiger partial charge in [-0.05, 0) is 17.7 Å². The predicted molar refractivity (Wildman–Crippen MR) is 63.0 cm³/mol. The van der Waals surface area contributed by atoms with Crippen LogP contribution in [0.4, 0.5) is 9.18 Å². The number of rotatable bonds is 3. The molecule has 1 fully saturated rings. The van der Waals surface area contributed by atoms with E-state index in [0.29, 0.717) is 5.56 Å². The number of nitrogens with zero attached hydrogens (tertiary/aromatic N) is 2. The molecule has 6 nitrogen and oxygen atoms in total. The van der Waals surface area contributed by atoms with Crippen LogP contribution in [0.3, 0.4) is 0 Å². The van der Waals surface area contributed by atoms with Crippen LogP contribution in [0.1, 0.15) is 11.1 Å². The van der Waals surface area contributed by atoms with Crippen molar-refractivity contribution in [1.29, 1.82) is 0 Å². The number of benzene rings is 1. The van der Waals surface area contributed by atoms with Crippen LogP contribution in [0.15, 0.2) is 18.2 Å². The van der Waals surface area contributed by atoms with Crippen molar-refractivity contribution < 1.29 is 18.8 Å². The van der Waals surface area contributed by atoms with Crippen LogP contribution in [0.25, 0.3) is 0 Å². The van der Waals surface area contributed by atoms with Crippen molar-refractivity contribution >= 4 is 17.8 Å². The molecule has 0 atom stereocenters. The van der Waals surface area contributed by atoms with Gasteiger partial charge in [-0.2, -0.15) is 0 Å². The molecule has 1 aliphatic heterocycles. The van der Waals surface area contributed by atoms with Crippen LogP contribution in [0, 0.1) is 5.82 Å². The van der Waals surface area contributed by atoms with Gasteiger partial charge in [0.25, 0.3) is 0 Å². The molecule has 1 aliphatic rings. The summed E-state index contributed by atoms with van der Waals surface area (Å²) in [5.74, 6) is -2.20. The molecule has 0 radical (unpaired) electrons. The molecule has 4 amide bonds. The van der Waals surface area contributed by atoms with E-state index in [2.05, 4.69) is 0 Å². The normalized spacial score (nSPS) is 15.6. The third-order valence-electron chi connectivity index (χ3n) is 2.92. The Hall–Kier alpha value is -2.28. The van der Waals surface area contributed by atoms with E-state index in [1.54, 1.807) is 0 Å². The summed E-state index contributed by atoms with van der Waals surface area (Å²) < 4.78 is 13.3. The van der Waals surface area contributed by atoms with Crippen LogP contribution in [-0.4, -0.2) is 34.7 Å². The molecule has 100 valence electrons. The van der Waals surface area contributed by atoms with Crippen molar-refractivity contribution in [3.8, 4) is 0 Å². The lowest BCUT2D eigenvalue weighted by molar-refractivity contribution is -0.143. The Morgan fingerprint density at radius 3 is 2.42 bits per heavy atom. The number of hydrogen-bond donors (Lipinski definition) is 1. The summed E-state index contributed by atoms with van der Waals surface area (Å²) in [5, 5.41) is 0. The topological polar surface area (TPSA) is 83.7 Å². The number of carbonyl (C=O) groups is 3. The number of amides is 4. The van der Waals surface area contributed by atoms with Crippen LogP contribution < -0.4 is 5.73 Å². The van der Waals surface area contributed by atoms with Crippen LogP contribution in [0.2, 0.25) is 0 Å². The van der Waals surface area contributed by atoms with Crippen molar-refractivity contribution in [2.45, 2.75) is 13.1 Å². The molecule has 1 heterocycles. The zero-order valence-electron chi connectivity index (χ0n) is 10.2. The average molecular weight is 265 g/mol. The second-order valence-electron chi connectivity index (χ2n) is 4.17. The fourth-order valence-corrected chi connectivity index (χ4v) is 1.82. The molecule has 0 unspecified atom stereocenters. The number of hydrogen-bond acceptors (Lipinski definition) is 4. The van der Waals surface area contributed by atoms with Crippen LogP contribution >= 0.6 is 0 Å². The minimum atomic E-state index is -0.883. The molecule has 1 saturated heterocycles. The minimum absolute atomic E-state index is 0.0143. The van der Waals surface area contributed by atoms with Gasteiger partial charge >= 0.3 is 17.8 Å². The van der Waals surface area contributed by atoms with Crippen LogP contribution in [-0.2, 0) is 22.7 Å². The fourth-order valence-electron chi connectivity index (χ4n) is 1.82. The molecular formula is C12H12FN3O3. The first-order chi connectivity index (χ1) is 8.95. The molecule has 19 heavy (non-hydrogen) atoms. The lowest BCUT2D eigenvalue weighted by Gasteiger charge is -2.13. The first-order valence-electron chi connectivity index (χ1n) is 5.56. The van der Waals surface area contributed by atoms with Gasteiger partial charge in [0.2, 0.25) is 0 Å². The molecule has 1 aromatic carbocycles. The van der Waals surface area contributed by atoms with E-state index in [-0.39, 0.29) is 18.7 Å². The lowest BCUT2D eigenvalue weighted by Crippen LogP contribution is -2.31. The average Bonchev–Trinajstić information content (AvgIpc) is 2.58. The largest absolute Gasteiger partial charge is 0.334 e. The maximum Gasteiger partial charge on any atom is 0.334 e. The molecule has 0 saturated carbocycles. The molecule has 0 aromatic heterocycles. The number of halogens is 1. The van der Waals surface area contributed by atoms with Gasteiger partial charge in [-0.3, -0.25) is 19.4 Å². The highest BCUT2D eigenvalue weighted by molar-refractivity contribution is 6.44. The molecule has 2 rings (SSSR count). The van der Waals surface area contributed by atoms with Crippen molar-refractivity contribution in [2.75, 3.05) is 7.05 Å². The van der Waals surface area contributed by atoms with E-state index in [4.69, 9.17) is 5.73 Å². The Balaban J connectivity index is 2.24. The number of nitrogens with two attached hydrogens (primary N) is 1. The van der Waals surface area contributed by atoms with E-state index in [1.807, 2.05) is 0 Å². The summed E-state index contributed by atoms with van der Waals surface area (Å²) in [6.07, 6.45) is 0. The first-order valence-corrected chi connectivity index (χ1v) is 5.56. The van der Waals surface area contributed by atoms with Gasteiger partial charge in [0, 0.05) is 19.2 Å². The number of likely N-dealkylation sites (N-methyl/N-ethyl adjacent to an activating group) is 1. The summed E-state index contributed by atoms with van der Waals surface area (Å²) >= 11 is 0. The van der Waals surface area contributed by atoms with Crippen molar-refractivity contribution in [3.05, 3.63) is 35.1 Å². The SMILES string of the molecule is CN1C(=O)C(=O)N(Cc2ccc(F)c(CN)c2)C1=O. The van der Waals surface area contributed by atoms with E-state index in [9.17, 15) is 18.8 Å². The maximum atomic E-state index is 13.3. The molecule has 0 spiro atoms. The monoisotopic (exact) mass is 265 g/mol. The summed E-state index contributed by atoms with van der Waals surface area (Å²) in [4.78, 5) is 36.1. The summed E-state index contributed by atoms with van der Waals surface area (Å²) in [6, 6.07) is 3.44. The Labute approximate surface area is 108 Å². The van der Waals surface area contributed by atoms with Crippen molar-refractivity contribution in [2.24, 2.45) is 5.73 Å². The molecule has 7 heteroatoms. The molecule has 1 aromatic rings. The smallest absolute Gasteiger partial charge is 0.326 e. The molecule has 0 bridgehead atoms. The Morgan fingerprint density at radius 1 is 1.21 bits per heavy atom. The van der Waals surface area contributed by atoms with Gasteiger partial charge in [0.1, 0.15) is 5.82 Å². The summed E-state index contributed by atoms with van der Waals surface area (Å²) in [5.41, 5.74) is 6.20. The van der Waals surface area contributed by atoms with Gasteiger partial charge in [0.15, 0.2) is 0 Å². The zero-order chi connectivity index (χ0) is 14.2. The van der Waals surface area contributed by atoms with Crippen LogP contribution in [0.5, 0.6) is 0 Å². The number of urea groups is 1. The second-order valence-corrected chi connectivity index (χ2v) is 4.17. The molecule has 2 N–H and O–H groups in total. The molecular weight excluding hydrogens is 253 g/mol. The van der Waals surface area contributed by atoms with Crippen molar-refractivity contribution in [1.82, 2.24) is 9.80 Å². The maximum absolute atomic E-state index is 13.3. The fraction of sp³-hybridized carbons (Fsp3) is 0.250. The standard InChI is InChI=1S/C12H12FN3O3/c1-15-10(17)11(18)16(12(15)19)6-7-2-3-9(13)8(4-7)5-14/h2-4H,5-6,14H2,1H3. The zero-order valence-corrected chi connectivity index (χ0v) is 10.2. The van der Waals surface area contributed by atoms with E-state index in [1.165, 1.54) is 25.2 Å². The Kier molecular flexibility index (Phi) is 3.30.